The molecule has 0 aliphatic rings. The van der Waals surface area contributed by atoms with E-state index in [1.54, 1.807) is 11.3 Å². The van der Waals surface area contributed by atoms with Crippen molar-refractivity contribution >= 4 is 50.6 Å². The number of nitrogens with zero attached hydrogens (tertiary/aromatic N) is 1. The van der Waals surface area contributed by atoms with Crippen molar-refractivity contribution in [2.24, 2.45) is 5.84 Å². The largest absolute Gasteiger partial charge is 0.352 e. The molecule has 106 valence electrons. The maximum atomic E-state index is 11.9. The van der Waals surface area contributed by atoms with Gasteiger partial charge >= 0.3 is 0 Å². The van der Waals surface area contributed by atoms with Crippen molar-refractivity contribution in [3.05, 3.63) is 43.6 Å². The van der Waals surface area contributed by atoms with E-state index < -0.39 is 0 Å². The lowest BCUT2D eigenvalue weighted by molar-refractivity contribution is 0.0954. The average Bonchev–Trinajstić information content (AvgIpc) is 2.84. The molecule has 1 amide bonds. The SMILES string of the molecule is NNc1ncc(C(=O)NCCc2ccc(Br)s2)cc1Cl. The third kappa shape index (κ3) is 3.92. The van der Waals surface area contributed by atoms with E-state index in [4.69, 9.17) is 17.4 Å². The number of rotatable bonds is 5. The first-order valence-corrected chi connectivity index (χ1v) is 7.73. The van der Waals surface area contributed by atoms with E-state index in [0.717, 1.165) is 10.2 Å². The Labute approximate surface area is 133 Å². The Morgan fingerprint density at radius 2 is 2.30 bits per heavy atom. The molecule has 2 aromatic heterocycles. The zero-order valence-electron chi connectivity index (χ0n) is 10.3. The summed E-state index contributed by atoms with van der Waals surface area (Å²) >= 11 is 11.0. The molecule has 8 heteroatoms. The normalized spacial score (nSPS) is 10.3. The Morgan fingerprint density at radius 1 is 1.50 bits per heavy atom. The molecule has 4 N–H and O–H groups in total. The third-order valence-corrected chi connectivity index (χ3v) is 4.50. The number of carbonyl (C=O) groups is 1. The number of hydrazine groups is 1. The number of nitrogens with one attached hydrogen (secondary N) is 2. The van der Waals surface area contributed by atoms with E-state index in [1.807, 2.05) is 12.1 Å². The number of pyridine rings is 1. The number of halogens is 2. The number of anilines is 1. The van der Waals surface area contributed by atoms with Gasteiger partial charge in [0.1, 0.15) is 0 Å². The fourth-order valence-electron chi connectivity index (χ4n) is 1.56. The summed E-state index contributed by atoms with van der Waals surface area (Å²) in [6, 6.07) is 5.55. The Kier molecular flexibility index (Phi) is 5.36. The molecule has 0 aliphatic carbocycles. The summed E-state index contributed by atoms with van der Waals surface area (Å²) in [6.07, 6.45) is 2.21. The van der Waals surface area contributed by atoms with Crippen LogP contribution in [0.1, 0.15) is 15.2 Å². The summed E-state index contributed by atoms with van der Waals surface area (Å²) in [5.74, 6) is 5.35. The van der Waals surface area contributed by atoms with Gasteiger partial charge in [0.05, 0.1) is 14.4 Å². The summed E-state index contributed by atoms with van der Waals surface area (Å²) in [6.45, 7) is 0.556. The van der Waals surface area contributed by atoms with Crippen molar-refractivity contribution in [2.75, 3.05) is 12.0 Å². The predicted molar refractivity (Wildman–Crippen MR) is 85.1 cm³/mol. The molecule has 0 saturated heterocycles. The lowest BCUT2D eigenvalue weighted by Gasteiger charge is -2.06. The highest BCUT2D eigenvalue weighted by Crippen LogP contribution is 2.22. The van der Waals surface area contributed by atoms with Crippen LogP contribution in [0.5, 0.6) is 0 Å². The Hall–Kier alpha value is -1.15. The smallest absolute Gasteiger partial charge is 0.252 e. The summed E-state index contributed by atoms with van der Waals surface area (Å²) in [4.78, 5) is 17.1. The van der Waals surface area contributed by atoms with Crippen LogP contribution in [-0.2, 0) is 6.42 Å². The molecule has 0 saturated carbocycles. The van der Waals surface area contributed by atoms with E-state index in [0.29, 0.717) is 22.9 Å². The van der Waals surface area contributed by atoms with Crippen molar-refractivity contribution in [1.29, 1.82) is 0 Å². The minimum atomic E-state index is -0.210. The molecule has 0 radical (unpaired) electrons. The van der Waals surface area contributed by atoms with Crippen LogP contribution in [0.15, 0.2) is 28.2 Å². The zero-order valence-corrected chi connectivity index (χ0v) is 13.5. The molecule has 0 atom stereocenters. The van der Waals surface area contributed by atoms with Gasteiger partial charge in [0.25, 0.3) is 5.91 Å². The van der Waals surface area contributed by atoms with Crippen molar-refractivity contribution in [1.82, 2.24) is 10.3 Å². The molecular weight excluding hydrogens is 364 g/mol. The lowest BCUT2D eigenvalue weighted by Crippen LogP contribution is -2.25. The first-order valence-electron chi connectivity index (χ1n) is 5.74. The number of aromatic nitrogens is 1. The maximum absolute atomic E-state index is 11.9. The molecule has 0 aliphatic heterocycles. The quantitative estimate of drug-likeness (QED) is 0.554. The van der Waals surface area contributed by atoms with Gasteiger partial charge in [0.2, 0.25) is 0 Å². The molecule has 2 rings (SSSR count). The number of nitrogen functional groups attached to an aromatic ring is 1. The maximum Gasteiger partial charge on any atom is 0.252 e. The Bertz CT molecular complexity index is 619. The molecule has 0 unspecified atom stereocenters. The molecule has 0 fully saturated rings. The molecular formula is C12H12BrClN4OS. The van der Waals surface area contributed by atoms with Gasteiger partial charge in [-0.15, -0.1) is 11.3 Å². The van der Waals surface area contributed by atoms with Crippen molar-refractivity contribution in [3.8, 4) is 0 Å². The van der Waals surface area contributed by atoms with Crippen LogP contribution in [0.25, 0.3) is 0 Å². The standard InChI is InChI=1S/C12H12BrClN4OS/c13-10-2-1-8(20-10)3-4-16-12(19)7-5-9(14)11(18-15)17-6-7/h1-2,5-6H,3-4,15H2,(H,16,19)(H,17,18). The molecule has 5 nitrogen and oxygen atoms in total. The van der Waals surface area contributed by atoms with Crippen LogP contribution in [-0.4, -0.2) is 17.4 Å². The highest BCUT2D eigenvalue weighted by molar-refractivity contribution is 9.11. The second kappa shape index (κ2) is 7.03. The number of carbonyl (C=O) groups excluding carboxylic acids is 1. The van der Waals surface area contributed by atoms with E-state index in [2.05, 4.69) is 31.7 Å². The van der Waals surface area contributed by atoms with Crippen LogP contribution >= 0.6 is 38.9 Å². The number of hydrogen-bond donors (Lipinski definition) is 3. The minimum Gasteiger partial charge on any atom is -0.352 e. The van der Waals surface area contributed by atoms with Crippen LogP contribution in [0.3, 0.4) is 0 Å². The van der Waals surface area contributed by atoms with Gasteiger partial charge in [-0.05, 0) is 40.5 Å². The fourth-order valence-corrected chi connectivity index (χ4v) is 3.26. The number of amides is 1. The second-order valence-corrected chi connectivity index (χ2v) is 6.87. The Balaban J connectivity index is 1.90. The van der Waals surface area contributed by atoms with Gasteiger partial charge in [-0.25, -0.2) is 10.8 Å². The number of hydrogen-bond acceptors (Lipinski definition) is 5. The molecule has 2 aromatic rings. The van der Waals surface area contributed by atoms with Crippen molar-refractivity contribution in [2.45, 2.75) is 6.42 Å². The van der Waals surface area contributed by atoms with Crippen LogP contribution in [0.2, 0.25) is 5.02 Å². The molecule has 0 aromatic carbocycles. The van der Waals surface area contributed by atoms with Crippen LogP contribution in [0, 0.1) is 0 Å². The molecule has 0 spiro atoms. The third-order valence-electron chi connectivity index (χ3n) is 2.53. The van der Waals surface area contributed by atoms with Gasteiger partial charge in [-0.1, -0.05) is 11.6 Å². The highest BCUT2D eigenvalue weighted by atomic mass is 79.9. The van der Waals surface area contributed by atoms with Crippen molar-refractivity contribution < 1.29 is 4.79 Å². The topological polar surface area (TPSA) is 80.0 Å². The van der Waals surface area contributed by atoms with Crippen LogP contribution < -0.4 is 16.6 Å². The number of thiophene rings is 1. The summed E-state index contributed by atoms with van der Waals surface area (Å²) < 4.78 is 1.08. The van der Waals surface area contributed by atoms with Gasteiger partial charge in [-0.2, -0.15) is 0 Å². The monoisotopic (exact) mass is 374 g/mol. The lowest BCUT2D eigenvalue weighted by atomic mass is 10.2. The summed E-state index contributed by atoms with van der Waals surface area (Å²) in [7, 11) is 0. The summed E-state index contributed by atoms with van der Waals surface area (Å²) in [5.41, 5.74) is 2.75. The van der Waals surface area contributed by atoms with Gasteiger partial charge < -0.3 is 10.7 Å². The minimum absolute atomic E-state index is 0.210. The van der Waals surface area contributed by atoms with Gasteiger partial charge in [0.15, 0.2) is 5.82 Å². The molecule has 2 heterocycles. The van der Waals surface area contributed by atoms with E-state index >= 15 is 0 Å². The van der Waals surface area contributed by atoms with E-state index in [1.165, 1.54) is 17.1 Å². The fraction of sp³-hybridized carbons (Fsp3) is 0.167. The first kappa shape index (κ1) is 15.2. The first-order chi connectivity index (χ1) is 9.60. The summed E-state index contributed by atoms with van der Waals surface area (Å²) in [5, 5.41) is 3.13. The number of nitrogens with two attached hydrogens (primary N) is 1. The van der Waals surface area contributed by atoms with Gasteiger partial charge in [-0.3, -0.25) is 4.79 Å². The zero-order chi connectivity index (χ0) is 14.5. The highest BCUT2D eigenvalue weighted by Gasteiger charge is 2.09. The van der Waals surface area contributed by atoms with Crippen LogP contribution in [0.4, 0.5) is 5.82 Å². The molecule has 0 bridgehead atoms. The van der Waals surface area contributed by atoms with Gasteiger partial charge in [0, 0.05) is 17.6 Å². The van der Waals surface area contributed by atoms with Crippen molar-refractivity contribution in [3.63, 3.8) is 0 Å². The van der Waals surface area contributed by atoms with E-state index in [-0.39, 0.29) is 5.91 Å². The Morgan fingerprint density at radius 3 is 2.90 bits per heavy atom. The predicted octanol–water partition coefficient (Wildman–Crippen LogP) is 2.82. The average molecular weight is 376 g/mol. The van der Waals surface area contributed by atoms with E-state index in [9.17, 15) is 4.79 Å². The second-order valence-electron chi connectivity index (χ2n) is 3.91. The molecule has 20 heavy (non-hydrogen) atoms.